The van der Waals surface area contributed by atoms with E-state index in [2.05, 4.69) is 30.6 Å². The lowest BCUT2D eigenvalue weighted by atomic mass is 10.2. The predicted molar refractivity (Wildman–Crippen MR) is 126 cm³/mol. The van der Waals surface area contributed by atoms with E-state index in [1.807, 2.05) is 0 Å². The number of hydrogen-bond acceptors (Lipinski definition) is 9. The van der Waals surface area contributed by atoms with Gasteiger partial charge in [-0.15, -0.1) is 0 Å². The van der Waals surface area contributed by atoms with Crippen molar-refractivity contribution in [3.63, 3.8) is 0 Å². The summed E-state index contributed by atoms with van der Waals surface area (Å²) in [6.07, 6.45) is 4.66. The molecule has 5 rings (SSSR count). The van der Waals surface area contributed by atoms with Crippen LogP contribution >= 0.6 is 11.6 Å². The molecule has 10 nitrogen and oxygen atoms in total. The minimum Gasteiger partial charge on any atom is -0.493 e. The molecule has 0 aliphatic carbocycles. The third kappa shape index (κ3) is 4.98. The Bertz CT molecular complexity index is 1350. The van der Waals surface area contributed by atoms with Gasteiger partial charge in [0.15, 0.2) is 11.5 Å². The maximum atomic E-state index is 12.4. The highest BCUT2D eigenvalue weighted by molar-refractivity contribution is 6.31. The Kier molecular flexibility index (Phi) is 6.07. The minimum absolute atomic E-state index is 0.126. The summed E-state index contributed by atoms with van der Waals surface area (Å²) < 4.78 is 16.5. The van der Waals surface area contributed by atoms with Crippen LogP contribution in [0.1, 0.15) is 10.4 Å². The monoisotopic (exact) mass is 478 g/mol. The zero-order chi connectivity index (χ0) is 23.5. The number of ether oxygens (including phenoxy) is 3. The van der Waals surface area contributed by atoms with E-state index in [0.717, 1.165) is 5.39 Å². The number of nitrogens with zero attached hydrogens (tertiary/aromatic N) is 4. The van der Waals surface area contributed by atoms with Crippen LogP contribution in [0.2, 0.25) is 5.02 Å². The third-order valence-electron chi connectivity index (χ3n) is 4.97. The molecule has 2 N–H and O–H groups in total. The molecule has 1 fully saturated rings. The molecular weight excluding hydrogens is 460 g/mol. The number of anilines is 3. The molecule has 4 aromatic rings. The summed E-state index contributed by atoms with van der Waals surface area (Å²) in [5, 5.41) is 7.01. The van der Waals surface area contributed by atoms with Crippen molar-refractivity contribution >= 4 is 45.9 Å². The summed E-state index contributed by atoms with van der Waals surface area (Å²) in [5.41, 5.74) is 1.66. The lowest BCUT2D eigenvalue weighted by molar-refractivity contribution is 0.102. The van der Waals surface area contributed by atoms with E-state index in [0.29, 0.717) is 52.3 Å². The van der Waals surface area contributed by atoms with Gasteiger partial charge in [0.25, 0.3) is 5.91 Å². The number of epoxide rings is 1. The number of halogens is 1. The van der Waals surface area contributed by atoms with Crippen LogP contribution < -0.4 is 20.1 Å². The van der Waals surface area contributed by atoms with Crippen molar-refractivity contribution in [2.45, 2.75) is 6.10 Å². The molecule has 1 amide bonds. The predicted octanol–water partition coefficient (Wildman–Crippen LogP) is 3.86. The van der Waals surface area contributed by atoms with Gasteiger partial charge in [-0.25, -0.2) is 19.9 Å². The Balaban J connectivity index is 1.32. The van der Waals surface area contributed by atoms with Crippen LogP contribution in [0.4, 0.5) is 17.5 Å². The molecule has 172 valence electrons. The molecule has 34 heavy (non-hydrogen) atoms. The lowest BCUT2D eigenvalue weighted by Gasteiger charge is -2.13. The molecule has 0 radical (unpaired) electrons. The highest BCUT2D eigenvalue weighted by atomic mass is 35.5. The van der Waals surface area contributed by atoms with Crippen LogP contribution in [0, 0.1) is 0 Å². The molecule has 0 unspecified atom stereocenters. The van der Waals surface area contributed by atoms with Gasteiger partial charge in [0.2, 0.25) is 5.95 Å². The van der Waals surface area contributed by atoms with E-state index in [1.165, 1.54) is 6.33 Å². The van der Waals surface area contributed by atoms with Crippen LogP contribution in [-0.4, -0.2) is 52.3 Å². The Morgan fingerprint density at radius 1 is 1.15 bits per heavy atom. The van der Waals surface area contributed by atoms with Gasteiger partial charge in [-0.2, -0.15) is 0 Å². The number of methoxy groups -OCH3 is 1. The molecule has 2 aromatic carbocycles. The van der Waals surface area contributed by atoms with E-state index in [1.54, 1.807) is 55.9 Å². The quantitative estimate of drug-likeness (QED) is 0.363. The largest absolute Gasteiger partial charge is 0.493 e. The Morgan fingerprint density at radius 2 is 1.97 bits per heavy atom. The Morgan fingerprint density at radius 3 is 2.71 bits per heavy atom. The zero-order valence-corrected chi connectivity index (χ0v) is 18.7. The molecule has 1 saturated heterocycles. The zero-order valence-electron chi connectivity index (χ0n) is 18.0. The van der Waals surface area contributed by atoms with Gasteiger partial charge in [-0.05, 0) is 24.3 Å². The van der Waals surface area contributed by atoms with Crippen LogP contribution in [0.25, 0.3) is 10.9 Å². The minimum atomic E-state index is -0.358. The molecule has 0 saturated carbocycles. The van der Waals surface area contributed by atoms with Gasteiger partial charge in [0.1, 0.15) is 24.9 Å². The fourth-order valence-electron chi connectivity index (χ4n) is 3.18. The molecule has 1 aliphatic rings. The summed E-state index contributed by atoms with van der Waals surface area (Å²) in [4.78, 5) is 29.4. The van der Waals surface area contributed by atoms with E-state index in [9.17, 15) is 4.79 Å². The van der Waals surface area contributed by atoms with Gasteiger partial charge >= 0.3 is 0 Å². The number of rotatable bonds is 8. The molecule has 0 spiro atoms. The summed E-state index contributed by atoms with van der Waals surface area (Å²) in [5.74, 6) is 1.48. The fraction of sp³-hybridized carbons (Fsp3) is 0.174. The Labute approximate surface area is 199 Å². The Hall–Kier alpha value is -4.02. The number of fused-ring (bicyclic) bond motifs is 1. The number of benzene rings is 2. The van der Waals surface area contributed by atoms with Gasteiger partial charge in [-0.1, -0.05) is 17.7 Å². The first kappa shape index (κ1) is 21.8. The van der Waals surface area contributed by atoms with Crippen molar-refractivity contribution < 1.29 is 19.0 Å². The summed E-state index contributed by atoms with van der Waals surface area (Å²) >= 11 is 5.94. The molecule has 11 heteroatoms. The van der Waals surface area contributed by atoms with Crippen molar-refractivity contribution in [1.29, 1.82) is 0 Å². The summed E-state index contributed by atoms with van der Waals surface area (Å²) in [6, 6.07) is 10.2. The van der Waals surface area contributed by atoms with E-state index in [4.69, 9.17) is 25.8 Å². The number of amides is 1. The number of carbonyl (C=O) groups excluding carboxylic acids is 1. The molecule has 2 aromatic heterocycles. The second-order valence-electron chi connectivity index (χ2n) is 7.39. The van der Waals surface area contributed by atoms with E-state index >= 15 is 0 Å². The normalized spacial score (nSPS) is 14.5. The van der Waals surface area contributed by atoms with Gasteiger partial charge < -0.3 is 19.5 Å². The number of nitrogens with one attached hydrogen (secondary N) is 2. The first-order chi connectivity index (χ1) is 16.6. The average molecular weight is 479 g/mol. The summed E-state index contributed by atoms with van der Waals surface area (Å²) in [7, 11) is 1.57. The van der Waals surface area contributed by atoms with Gasteiger partial charge in [0, 0.05) is 22.0 Å². The molecule has 0 bridgehead atoms. The number of aromatic nitrogens is 4. The number of hydrogen-bond donors (Lipinski definition) is 2. The van der Waals surface area contributed by atoms with Crippen LogP contribution in [0.5, 0.6) is 11.5 Å². The van der Waals surface area contributed by atoms with E-state index in [-0.39, 0.29) is 18.0 Å². The first-order valence-corrected chi connectivity index (χ1v) is 10.7. The summed E-state index contributed by atoms with van der Waals surface area (Å²) in [6.45, 7) is 1.16. The van der Waals surface area contributed by atoms with Crippen molar-refractivity contribution in [1.82, 2.24) is 19.9 Å². The standard InChI is InChI=1S/C23H19ClN6O4/c1-32-19-6-17-18(7-20(19)34-11-16-10-33-16)27-12-28-21(17)29-15-8-25-23(26-9-15)30-22(31)13-3-2-4-14(24)5-13/h2-9,12,16H,10-11H2,1H3,(H,27,28,29)(H,25,26,30,31)/t16-/m0/s1. The average Bonchev–Trinajstić information content (AvgIpc) is 3.68. The van der Waals surface area contributed by atoms with Gasteiger partial charge in [0.05, 0.1) is 37.3 Å². The van der Waals surface area contributed by atoms with Gasteiger partial charge in [-0.3, -0.25) is 10.1 Å². The topological polar surface area (TPSA) is 124 Å². The fourth-order valence-corrected chi connectivity index (χ4v) is 3.37. The maximum Gasteiger partial charge on any atom is 0.258 e. The SMILES string of the molecule is COc1cc2c(Nc3cnc(NC(=O)c4cccc(Cl)c4)nc3)ncnc2cc1OC[C@@H]1CO1. The van der Waals surface area contributed by atoms with Crippen molar-refractivity contribution in [3.8, 4) is 11.5 Å². The van der Waals surface area contributed by atoms with Crippen molar-refractivity contribution in [2.75, 3.05) is 31.0 Å². The van der Waals surface area contributed by atoms with Crippen LogP contribution in [0.3, 0.4) is 0 Å². The van der Waals surface area contributed by atoms with Crippen molar-refractivity contribution in [3.05, 3.63) is 65.7 Å². The maximum absolute atomic E-state index is 12.4. The molecule has 1 atom stereocenters. The van der Waals surface area contributed by atoms with Crippen molar-refractivity contribution in [2.24, 2.45) is 0 Å². The highest BCUT2D eigenvalue weighted by Crippen LogP contribution is 2.35. The first-order valence-electron chi connectivity index (χ1n) is 10.3. The lowest BCUT2D eigenvalue weighted by Crippen LogP contribution is -2.14. The second-order valence-corrected chi connectivity index (χ2v) is 7.83. The molecule has 1 aliphatic heterocycles. The van der Waals surface area contributed by atoms with Crippen LogP contribution in [0.15, 0.2) is 55.1 Å². The molecular formula is C23H19ClN6O4. The van der Waals surface area contributed by atoms with Crippen LogP contribution in [-0.2, 0) is 4.74 Å². The third-order valence-corrected chi connectivity index (χ3v) is 5.21. The second kappa shape index (κ2) is 9.46. The smallest absolute Gasteiger partial charge is 0.258 e. The van der Waals surface area contributed by atoms with E-state index < -0.39 is 0 Å². The highest BCUT2D eigenvalue weighted by Gasteiger charge is 2.24. The molecule has 3 heterocycles. The number of carbonyl (C=O) groups is 1.